The van der Waals surface area contributed by atoms with Gasteiger partial charge in [-0.15, -0.1) is 0 Å². The Bertz CT molecular complexity index is 349. The third-order valence-corrected chi connectivity index (χ3v) is 1.90. The van der Waals surface area contributed by atoms with Gasteiger partial charge in [0.15, 0.2) is 0 Å². The molecular weight excluding hydrogens is 194 g/mol. The summed E-state index contributed by atoms with van der Waals surface area (Å²) < 4.78 is 0. The Morgan fingerprint density at radius 3 is 3.07 bits per heavy atom. The minimum Gasteiger partial charge on any atom is -0.394 e. The molecule has 5 heteroatoms. The van der Waals surface area contributed by atoms with E-state index in [1.807, 2.05) is 6.07 Å². The third-order valence-electron chi connectivity index (χ3n) is 1.90. The highest BCUT2D eigenvalue weighted by Crippen LogP contribution is 2.02. The van der Waals surface area contributed by atoms with E-state index in [0.29, 0.717) is 12.2 Å². The number of rotatable bonds is 5. The van der Waals surface area contributed by atoms with E-state index in [1.54, 1.807) is 18.3 Å². The summed E-state index contributed by atoms with van der Waals surface area (Å²) >= 11 is 0. The van der Waals surface area contributed by atoms with Crippen LogP contribution in [0.2, 0.25) is 0 Å². The van der Waals surface area contributed by atoms with Crippen LogP contribution in [0.25, 0.3) is 0 Å². The molecule has 0 aromatic carbocycles. The van der Waals surface area contributed by atoms with Gasteiger partial charge < -0.3 is 15.5 Å². The SMILES string of the molecule is N#Cc1ncccc1CNCC(O)CO. The lowest BCUT2D eigenvalue weighted by molar-refractivity contribution is 0.0942. The number of nitrogens with one attached hydrogen (secondary N) is 1. The molecule has 1 unspecified atom stereocenters. The third kappa shape index (κ3) is 3.64. The highest BCUT2D eigenvalue weighted by Gasteiger charge is 2.04. The van der Waals surface area contributed by atoms with Crippen molar-refractivity contribution in [2.45, 2.75) is 12.6 Å². The number of aliphatic hydroxyl groups is 2. The van der Waals surface area contributed by atoms with Crippen molar-refractivity contribution in [3.8, 4) is 6.07 Å². The fraction of sp³-hybridized carbons (Fsp3) is 0.400. The van der Waals surface area contributed by atoms with Crippen LogP contribution in [0.4, 0.5) is 0 Å². The summed E-state index contributed by atoms with van der Waals surface area (Å²) in [4.78, 5) is 3.90. The lowest BCUT2D eigenvalue weighted by Gasteiger charge is -2.09. The second-order valence-electron chi connectivity index (χ2n) is 3.09. The molecule has 1 aromatic heterocycles. The molecule has 0 fully saturated rings. The fourth-order valence-electron chi connectivity index (χ4n) is 1.12. The zero-order chi connectivity index (χ0) is 11.1. The maximum atomic E-state index is 9.07. The van der Waals surface area contributed by atoms with Crippen molar-refractivity contribution >= 4 is 0 Å². The molecule has 0 saturated heterocycles. The summed E-state index contributed by atoms with van der Waals surface area (Å²) in [7, 11) is 0. The van der Waals surface area contributed by atoms with Gasteiger partial charge in [0, 0.05) is 24.8 Å². The monoisotopic (exact) mass is 207 g/mol. The van der Waals surface area contributed by atoms with Gasteiger partial charge in [-0.05, 0) is 6.07 Å². The Kier molecular flexibility index (Phi) is 4.71. The molecule has 1 atom stereocenters. The zero-order valence-corrected chi connectivity index (χ0v) is 8.22. The minimum absolute atomic E-state index is 0.273. The van der Waals surface area contributed by atoms with Gasteiger partial charge in [-0.2, -0.15) is 5.26 Å². The quantitative estimate of drug-likeness (QED) is 0.599. The summed E-state index contributed by atoms with van der Waals surface area (Å²) in [5.74, 6) is 0. The number of nitrogens with zero attached hydrogens (tertiary/aromatic N) is 2. The van der Waals surface area contributed by atoms with Crippen LogP contribution in [-0.4, -0.2) is 34.5 Å². The van der Waals surface area contributed by atoms with Crippen LogP contribution in [0.3, 0.4) is 0 Å². The van der Waals surface area contributed by atoms with Crippen LogP contribution in [0, 0.1) is 11.3 Å². The van der Waals surface area contributed by atoms with E-state index in [2.05, 4.69) is 10.3 Å². The summed E-state index contributed by atoms with van der Waals surface area (Å²) in [6.07, 6.45) is 0.789. The molecule has 0 aliphatic rings. The molecule has 1 rings (SSSR count). The van der Waals surface area contributed by atoms with Crippen molar-refractivity contribution in [2.24, 2.45) is 0 Å². The molecule has 0 bridgehead atoms. The van der Waals surface area contributed by atoms with Crippen molar-refractivity contribution in [2.75, 3.05) is 13.2 Å². The number of hydrogen-bond acceptors (Lipinski definition) is 5. The standard InChI is InChI=1S/C10H13N3O2/c11-4-10-8(2-1-3-13-10)5-12-6-9(15)7-14/h1-3,9,12,14-15H,5-7H2. The first-order chi connectivity index (χ1) is 7.27. The van der Waals surface area contributed by atoms with Gasteiger partial charge in [-0.25, -0.2) is 4.98 Å². The second-order valence-corrected chi connectivity index (χ2v) is 3.09. The normalized spacial score (nSPS) is 12.1. The summed E-state index contributed by atoms with van der Waals surface area (Å²) in [5, 5.41) is 29.3. The molecule has 0 amide bonds. The van der Waals surface area contributed by atoms with E-state index in [1.165, 1.54) is 0 Å². The Balaban J connectivity index is 2.47. The van der Waals surface area contributed by atoms with E-state index in [0.717, 1.165) is 5.56 Å². The number of aliphatic hydroxyl groups excluding tert-OH is 2. The Morgan fingerprint density at radius 1 is 1.60 bits per heavy atom. The predicted octanol–water partition coefficient (Wildman–Crippen LogP) is -0.604. The van der Waals surface area contributed by atoms with Gasteiger partial charge in [0.05, 0.1) is 12.7 Å². The van der Waals surface area contributed by atoms with Crippen LogP contribution in [0.15, 0.2) is 18.3 Å². The predicted molar refractivity (Wildman–Crippen MR) is 53.8 cm³/mol. The molecule has 0 radical (unpaired) electrons. The number of pyridine rings is 1. The molecule has 1 aromatic rings. The molecule has 3 N–H and O–H groups in total. The smallest absolute Gasteiger partial charge is 0.144 e. The first-order valence-electron chi connectivity index (χ1n) is 4.61. The number of hydrogen-bond donors (Lipinski definition) is 3. The Labute approximate surface area is 88.0 Å². The Morgan fingerprint density at radius 2 is 2.40 bits per heavy atom. The second kappa shape index (κ2) is 6.09. The molecular formula is C10H13N3O2. The Hall–Kier alpha value is -1.48. The van der Waals surface area contributed by atoms with Gasteiger partial charge >= 0.3 is 0 Å². The van der Waals surface area contributed by atoms with Crippen LogP contribution in [0.1, 0.15) is 11.3 Å². The molecule has 0 saturated carbocycles. The molecule has 5 nitrogen and oxygen atoms in total. The summed E-state index contributed by atoms with van der Waals surface area (Å²) in [6, 6.07) is 5.53. The molecule has 0 spiro atoms. The molecule has 80 valence electrons. The highest BCUT2D eigenvalue weighted by atomic mass is 16.3. The molecule has 0 aliphatic carbocycles. The number of aromatic nitrogens is 1. The van der Waals surface area contributed by atoms with Gasteiger partial charge in [-0.3, -0.25) is 0 Å². The highest BCUT2D eigenvalue weighted by molar-refractivity contribution is 5.30. The van der Waals surface area contributed by atoms with Gasteiger partial charge in [0.2, 0.25) is 0 Å². The van der Waals surface area contributed by atoms with Gasteiger partial charge in [-0.1, -0.05) is 6.07 Å². The van der Waals surface area contributed by atoms with E-state index < -0.39 is 6.10 Å². The molecule has 0 aliphatic heterocycles. The maximum Gasteiger partial charge on any atom is 0.144 e. The zero-order valence-electron chi connectivity index (χ0n) is 8.22. The van der Waals surface area contributed by atoms with E-state index in [4.69, 9.17) is 15.5 Å². The average molecular weight is 207 g/mol. The summed E-state index contributed by atoms with van der Waals surface area (Å²) in [6.45, 7) is 0.467. The summed E-state index contributed by atoms with van der Waals surface area (Å²) in [5.41, 5.74) is 1.16. The topological polar surface area (TPSA) is 89.2 Å². The van der Waals surface area contributed by atoms with Crippen molar-refractivity contribution in [3.05, 3.63) is 29.6 Å². The van der Waals surface area contributed by atoms with E-state index in [-0.39, 0.29) is 13.2 Å². The molecule has 15 heavy (non-hydrogen) atoms. The van der Waals surface area contributed by atoms with Crippen LogP contribution < -0.4 is 5.32 Å². The lowest BCUT2D eigenvalue weighted by Crippen LogP contribution is -2.29. The first kappa shape index (κ1) is 11.6. The van der Waals surface area contributed by atoms with E-state index >= 15 is 0 Å². The largest absolute Gasteiger partial charge is 0.394 e. The van der Waals surface area contributed by atoms with Crippen molar-refractivity contribution < 1.29 is 10.2 Å². The number of nitriles is 1. The lowest BCUT2D eigenvalue weighted by atomic mass is 10.2. The van der Waals surface area contributed by atoms with Crippen molar-refractivity contribution in [3.63, 3.8) is 0 Å². The average Bonchev–Trinajstić information content (AvgIpc) is 2.29. The van der Waals surface area contributed by atoms with Crippen LogP contribution >= 0.6 is 0 Å². The minimum atomic E-state index is -0.771. The fourth-order valence-corrected chi connectivity index (χ4v) is 1.12. The van der Waals surface area contributed by atoms with Gasteiger partial charge in [0.25, 0.3) is 0 Å². The maximum absolute atomic E-state index is 9.07. The molecule has 1 heterocycles. The van der Waals surface area contributed by atoms with Crippen molar-refractivity contribution in [1.29, 1.82) is 5.26 Å². The van der Waals surface area contributed by atoms with Gasteiger partial charge in [0.1, 0.15) is 11.8 Å². The van der Waals surface area contributed by atoms with E-state index in [9.17, 15) is 0 Å². The van der Waals surface area contributed by atoms with Crippen molar-refractivity contribution in [1.82, 2.24) is 10.3 Å². The first-order valence-corrected chi connectivity index (χ1v) is 4.61. The van der Waals surface area contributed by atoms with Crippen LogP contribution in [-0.2, 0) is 6.54 Å². The van der Waals surface area contributed by atoms with Crippen LogP contribution in [0.5, 0.6) is 0 Å².